The second-order valence-electron chi connectivity index (χ2n) is 4.66. The molecule has 1 fully saturated rings. The Hall–Kier alpha value is -1.29. The highest BCUT2D eigenvalue weighted by Gasteiger charge is 2.29. The summed E-state index contributed by atoms with van der Waals surface area (Å²) in [5.41, 5.74) is 2.35. The van der Waals surface area contributed by atoms with Gasteiger partial charge in [-0.3, -0.25) is 4.99 Å². The molecule has 0 spiro atoms. The average molecular weight is 236 g/mol. The summed E-state index contributed by atoms with van der Waals surface area (Å²) in [6.07, 6.45) is 1.33. The molecule has 1 aromatic carbocycles. The minimum Gasteiger partial charge on any atom is -0.314 e. The largest absolute Gasteiger partial charge is 0.314 e. The monoisotopic (exact) mass is 236 g/mol. The first-order valence-corrected chi connectivity index (χ1v) is 5.92. The quantitative estimate of drug-likeness (QED) is 0.794. The van der Waals surface area contributed by atoms with E-state index in [2.05, 4.69) is 10.3 Å². The van der Waals surface area contributed by atoms with Crippen LogP contribution in [-0.4, -0.2) is 25.5 Å². The van der Waals surface area contributed by atoms with Crippen LogP contribution in [0, 0.1) is 5.82 Å². The van der Waals surface area contributed by atoms with Crippen molar-refractivity contribution < 1.29 is 8.78 Å². The van der Waals surface area contributed by atoms with Crippen LogP contribution < -0.4 is 5.32 Å². The minimum atomic E-state index is -1.00. The van der Waals surface area contributed by atoms with Crippen molar-refractivity contribution >= 4 is 6.21 Å². The van der Waals surface area contributed by atoms with Gasteiger partial charge in [0.2, 0.25) is 0 Å². The Kier molecular flexibility index (Phi) is 2.67. The van der Waals surface area contributed by atoms with E-state index in [-0.39, 0.29) is 11.7 Å². The van der Waals surface area contributed by atoms with Crippen LogP contribution in [0.5, 0.6) is 0 Å². The van der Waals surface area contributed by atoms with E-state index in [1.165, 1.54) is 6.07 Å². The van der Waals surface area contributed by atoms with Crippen LogP contribution >= 0.6 is 0 Å². The first-order chi connectivity index (χ1) is 8.25. The number of nitrogens with one attached hydrogen (secondary N) is 1. The van der Waals surface area contributed by atoms with E-state index in [4.69, 9.17) is 0 Å². The summed E-state index contributed by atoms with van der Waals surface area (Å²) in [4.78, 5) is 4.10. The van der Waals surface area contributed by atoms with Crippen molar-refractivity contribution in [2.75, 3.05) is 13.1 Å². The van der Waals surface area contributed by atoms with Gasteiger partial charge in [-0.05, 0) is 36.2 Å². The molecule has 0 aliphatic carbocycles. The fraction of sp³-hybridized carbons (Fsp3) is 0.462. The second kappa shape index (κ2) is 4.18. The van der Waals surface area contributed by atoms with Gasteiger partial charge in [0.1, 0.15) is 12.0 Å². The first-order valence-electron chi connectivity index (χ1n) is 5.92. The van der Waals surface area contributed by atoms with Gasteiger partial charge in [0.25, 0.3) is 0 Å². The van der Waals surface area contributed by atoms with E-state index in [9.17, 15) is 8.78 Å². The number of alkyl halides is 1. The minimum absolute atomic E-state index is 0.299. The number of hydrogen-bond donors (Lipinski definition) is 1. The van der Waals surface area contributed by atoms with Crippen molar-refractivity contribution in [1.82, 2.24) is 5.32 Å². The van der Waals surface area contributed by atoms with Crippen molar-refractivity contribution in [2.45, 2.75) is 25.1 Å². The molecule has 2 aliphatic heterocycles. The van der Waals surface area contributed by atoms with Gasteiger partial charge < -0.3 is 5.32 Å². The van der Waals surface area contributed by atoms with Gasteiger partial charge in [0.05, 0.1) is 6.54 Å². The Balaban J connectivity index is 1.97. The summed E-state index contributed by atoms with van der Waals surface area (Å²) in [5.74, 6) is -0.617. The van der Waals surface area contributed by atoms with Crippen molar-refractivity contribution in [3.05, 3.63) is 34.6 Å². The van der Waals surface area contributed by atoms with E-state index in [0.717, 1.165) is 17.7 Å². The van der Waals surface area contributed by atoms with E-state index in [0.29, 0.717) is 25.1 Å². The lowest BCUT2D eigenvalue weighted by molar-refractivity contribution is 0.228. The predicted molar refractivity (Wildman–Crippen MR) is 62.8 cm³/mol. The van der Waals surface area contributed by atoms with E-state index < -0.39 is 6.17 Å². The van der Waals surface area contributed by atoms with Crippen molar-refractivity contribution in [2.24, 2.45) is 4.99 Å². The van der Waals surface area contributed by atoms with Gasteiger partial charge in [-0.15, -0.1) is 0 Å². The molecule has 90 valence electrons. The molecule has 2 aliphatic rings. The zero-order valence-electron chi connectivity index (χ0n) is 9.42. The normalized spacial score (nSPS) is 27.2. The maximum Gasteiger partial charge on any atom is 0.127 e. The third-order valence-corrected chi connectivity index (χ3v) is 3.56. The summed E-state index contributed by atoms with van der Waals surface area (Å²) in [6, 6.07) is 3.27. The number of fused-ring (bicyclic) bond motifs is 1. The Morgan fingerprint density at radius 3 is 3.06 bits per heavy atom. The predicted octanol–water partition coefficient (Wildman–Crippen LogP) is 2.17. The Morgan fingerprint density at radius 2 is 2.24 bits per heavy atom. The summed E-state index contributed by atoms with van der Waals surface area (Å²) in [5, 5.41) is 2.98. The molecule has 4 heteroatoms. The molecule has 17 heavy (non-hydrogen) atoms. The molecular weight excluding hydrogens is 222 g/mol. The molecule has 2 atom stereocenters. The number of benzene rings is 1. The Morgan fingerprint density at radius 1 is 1.35 bits per heavy atom. The van der Waals surface area contributed by atoms with E-state index in [1.807, 2.05) is 0 Å². The van der Waals surface area contributed by atoms with Gasteiger partial charge in [-0.2, -0.15) is 0 Å². The van der Waals surface area contributed by atoms with Crippen LogP contribution in [-0.2, 0) is 6.54 Å². The van der Waals surface area contributed by atoms with Gasteiger partial charge in [0, 0.05) is 24.2 Å². The molecule has 2 heterocycles. The summed E-state index contributed by atoms with van der Waals surface area (Å²) in [7, 11) is 0. The smallest absolute Gasteiger partial charge is 0.127 e. The first kappa shape index (κ1) is 10.8. The van der Waals surface area contributed by atoms with Crippen LogP contribution in [0.25, 0.3) is 0 Å². The molecule has 1 aromatic rings. The molecule has 1 saturated heterocycles. The fourth-order valence-corrected chi connectivity index (χ4v) is 2.61. The molecule has 0 saturated carbocycles. The average Bonchev–Trinajstić information content (AvgIpc) is 2.76. The lowest BCUT2D eigenvalue weighted by Crippen LogP contribution is -2.37. The Labute approximate surface area is 98.8 Å². The molecule has 2 nitrogen and oxygen atoms in total. The molecular formula is C13H14F2N2. The van der Waals surface area contributed by atoms with Gasteiger partial charge in [0.15, 0.2) is 0 Å². The molecule has 0 radical (unpaired) electrons. The molecule has 2 unspecified atom stereocenters. The second-order valence-corrected chi connectivity index (χ2v) is 4.66. The zero-order chi connectivity index (χ0) is 11.8. The fourth-order valence-electron chi connectivity index (χ4n) is 2.61. The maximum atomic E-state index is 14.0. The van der Waals surface area contributed by atoms with Crippen molar-refractivity contribution in [1.29, 1.82) is 0 Å². The van der Waals surface area contributed by atoms with Gasteiger partial charge in [-0.25, -0.2) is 8.78 Å². The number of piperidine rings is 1. The van der Waals surface area contributed by atoms with Crippen LogP contribution in [0.15, 0.2) is 17.1 Å². The van der Waals surface area contributed by atoms with Crippen LogP contribution in [0.4, 0.5) is 8.78 Å². The lowest BCUT2D eigenvalue weighted by atomic mass is 9.87. The molecule has 1 N–H and O–H groups in total. The van der Waals surface area contributed by atoms with Crippen LogP contribution in [0.2, 0.25) is 0 Å². The number of aliphatic imine (C=N–C) groups is 1. The number of halogens is 2. The van der Waals surface area contributed by atoms with Crippen molar-refractivity contribution in [3.63, 3.8) is 0 Å². The highest BCUT2D eigenvalue weighted by molar-refractivity contribution is 5.84. The van der Waals surface area contributed by atoms with Crippen LogP contribution in [0.3, 0.4) is 0 Å². The molecule has 3 rings (SSSR count). The topological polar surface area (TPSA) is 24.4 Å². The standard InChI is InChI=1S/C13H14F2N2/c14-12-4-9-6-17-5-8(9)3-11(12)10-1-2-16-7-13(10)15/h3-4,6,10,13,16H,1-2,5,7H2. The summed E-state index contributed by atoms with van der Waals surface area (Å²) in [6.45, 7) is 1.65. The molecule has 0 aromatic heterocycles. The highest BCUT2D eigenvalue weighted by Crippen LogP contribution is 2.32. The third kappa shape index (κ3) is 1.86. The SMILES string of the molecule is Fc1cc2c(cc1C1CCNCC1F)CN=C2. The lowest BCUT2D eigenvalue weighted by Gasteiger charge is -2.27. The van der Waals surface area contributed by atoms with Crippen LogP contribution in [0.1, 0.15) is 29.0 Å². The van der Waals surface area contributed by atoms with E-state index in [1.54, 1.807) is 12.3 Å². The molecule has 0 bridgehead atoms. The Bertz CT molecular complexity index is 471. The molecule has 0 amide bonds. The maximum absolute atomic E-state index is 14.0. The third-order valence-electron chi connectivity index (χ3n) is 3.56. The zero-order valence-corrected chi connectivity index (χ0v) is 9.42. The summed E-state index contributed by atoms with van der Waals surface area (Å²) >= 11 is 0. The van der Waals surface area contributed by atoms with Gasteiger partial charge in [-0.1, -0.05) is 0 Å². The summed E-state index contributed by atoms with van der Waals surface area (Å²) < 4.78 is 27.8. The van der Waals surface area contributed by atoms with Crippen molar-refractivity contribution in [3.8, 4) is 0 Å². The highest BCUT2D eigenvalue weighted by atomic mass is 19.1. The number of nitrogens with zero attached hydrogens (tertiary/aromatic N) is 1. The van der Waals surface area contributed by atoms with E-state index >= 15 is 0 Å². The van der Waals surface area contributed by atoms with Gasteiger partial charge >= 0.3 is 0 Å². The number of rotatable bonds is 1. The number of hydrogen-bond acceptors (Lipinski definition) is 2.